The normalized spacial score (nSPS) is 11.4. The largest absolute Gasteiger partial charge is 0.497 e. The van der Waals surface area contributed by atoms with Crippen LogP contribution in [-0.2, 0) is 19.1 Å². The van der Waals surface area contributed by atoms with Crippen LogP contribution >= 0.6 is 0 Å². The monoisotopic (exact) mass is 511 g/mol. The van der Waals surface area contributed by atoms with Gasteiger partial charge in [0, 0.05) is 41.3 Å². The minimum Gasteiger partial charge on any atom is -0.497 e. The van der Waals surface area contributed by atoms with E-state index in [1.807, 2.05) is 29.0 Å². The van der Waals surface area contributed by atoms with E-state index in [2.05, 4.69) is 5.32 Å². The van der Waals surface area contributed by atoms with E-state index in [1.165, 1.54) is 0 Å². The van der Waals surface area contributed by atoms with Gasteiger partial charge in [-0.25, -0.2) is 5.48 Å². The molecule has 37 heavy (non-hydrogen) atoms. The summed E-state index contributed by atoms with van der Waals surface area (Å²) in [7, 11) is 1.58. The number of halogens is 3. The number of benzene rings is 3. The molecule has 0 spiro atoms. The first-order valence-corrected chi connectivity index (χ1v) is 11.3. The first kappa shape index (κ1) is 25.8. The van der Waals surface area contributed by atoms with Crippen LogP contribution in [0.15, 0.2) is 72.9 Å². The standard InChI is InChI=1S/C27H24F3N3O4/c1-37-22-10-11-24-23(14-22)20(16-33(24)15-17-2-4-19(5-3-17)26(35)32-36)12-13-31-25(34)18-6-8-21(9-7-18)27(28,29)30/h2-11,14,16,36H,12-13,15H2,1H3,(H,31,34)(H,32,35). The topological polar surface area (TPSA) is 92.6 Å². The molecule has 2 amide bonds. The zero-order valence-electron chi connectivity index (χ0n) is 19.8. The Morgan fingerprint density at radius 2 is 1.59 bits per heavy atom. The van der Waals surface area contributed by atoms with Crippen molar-refractivity contribution >= 4 is 22.7 Å². The van der Waals surface area contributed by atoms with Gasteiger partial charge in [0.1, 0.15) is 5.75 Å². The SMILES string of the molecule is COc1ccc2c(c1)c(CCNC(=O)c1ccc(C(F)(F)F)cc1)cn2Cc1ccc(C(=O)NO)cc1. The lowest BCUT2D eigenvalue weighted by Gasteiger charge is -2.08. The molecule has 0 saturated carbocycles. The smallest absolute Gasteiger partial charge is 0.416 e. The fourth-order valence-corrected chi connectivity index (χ4v) is 4.05. The molecule has 3 N–H and O–H groups in total. The van der Waals surface area contributed by atoms with Crippen molar-refractivity contribution in [2.75, 3.05) is 13.7 Å². The fraction of sp³-hybridized carbons (Fsp3) is 0.185. The first-order chi connectivity index (χ1) is 17.7. The third-order valence-corrected chi connectivity index (χ3v) is 6.00. The van der Waals surface area contributed by atoms with Crippen LogP contribution in [0.3, 0.4) is 0 Å². The van der Waals surface area contributed by atoms with Crippen LogP contribution in [0, 0.1) is 0 Å². The van der Waals surface area contributed by atoms with Crippen molar-refractivity contribution in [1.82, 2.24) is 15.4 Å². The third kappa shape index (κ3) is 5.92. The van der Waals surface area contributed by atoms with E-state index < -0.39 is 23.6 Å². The van der Waals surface area contributed by atoms with E-state index in [4.69, 9.17) is 9.94 Å². The van der Waals surface area contributed by atoms with E-state index in [0.29, 0.717) is 24.3 Å². The number of aromatic nitrogens is 1. The molecule has 4 rings (SSSR count). The number of nitrogens with one attached hydrogen (secondary N) is 2. The molecule has 0 unspecified atom stereocenters. The van der Waals surface area contributed by atoms with Crippen LogP contribution in [0.4, 0.5) is 13.2 Å². The molecule has 0 atom stereocenters. The summed E-state index contributed by atoms with van der Waals surface area (Å²) in [6, 6.07) is 16.6. The Hall–Kier alpha value is -4.31. The number of rotatable bonds is 8. The van der Waals surface area contributed by atoms with Gasteiger partial charge in [0.25, 0.3) is 11.8 Å². The number of nitrogens with zero attached hydrogens (tertiary/aromatic N) is 1. The summed E-state index contributed by atoms with van der Waals surface area (Å²) in [5.74, 6) is -0.368. The van der Waals surface area contributed by atoms with Gasteiger partial charge in [0.2, 0.25) is 0 Å². The highest BCUT2D eigenvalue weighted by Gasteiger charge is 2.30. The number of hydrogen-bond acceptors (Lipinski definition) is 4. The van der Waals surface area contributed by atoms with Crippen molar-refractivity contribution in [3.63, 3.8) is 0 Å². The minimum absolute atomic E-state index is 0.149. The molecule has 0 saturated heterocycles. The number of fused-ring (bicyclic) bond motifs is 1. The second-order valence-corrected chi connectivity index (χ2v) is 8.38. The lowest BCUT2D eigenvalue weighted by atomic mass is 10.1. The van der Waals surface area contributed by atoms with Gasteiger partial charge in [-0.15, -0.1) is 0 Å². The molecule has 0 aliphatic heterocycles. The maximum Gasteiger partial charge on any atom is 0.416 e. The fourth-order valence-electron chi connectivity index (χ4n) is 4.05. The third-order valence-electron chi connectivity index (χ3n) is 6.00. The molecule has 0 aliphatic rings. The number of amides is 2. The van der Waals surface area contributed by atoms with E-state index >= 15 is 0 Å². The quantitative estimate of drug-likeness (QED) is 0.234. The maximum absolute atomic E-state index is 12.8. The van der Waals surface area contributed by atoms with E-state index in [0.717, 1.165) is 46.3 Å². The van der Waals surface area contributed by atoms with Crippen LogP contribution < -0.4 is 15.5 Å². The van der Waals surface area contributed by atoms with Gasteiger partial charge in [0.15, 0.2) is 0 Å². The lowest BCUT2D eigenvalue weighted by Crippen LogP contribution is -2.25. The van der Waals surface area contributed by atoms with Crippen LogP contribution in [0.1, 0.15) is 37.4 Å². The molecule has 0 aliphatic carbocycles. The van der Waals surface area contributed by atoms with Crippen LogP contribution in [0.5, 0.6) is 5.75 Å². The highest BCUT2D eigenvalue weighted by Crippen LogP contribution is 2.29. The molecule has 4 aromatic rings. The van der Waals surface area contributed by atoms with Gasteiger partial charge in [0.05, 0.1) is 12.7 Å². The molecular formula is C27H24F3N3O4. The summed E-state index contributed by atoms with van der Waals surface area (Å²) >= 11 is 0. The van der Waals surface area contributed by atoms with Gasteiger partial charge in [-0.05, 0) is 72.1 Å². The average molecular weight is 512 g/mol. The van der Waals surface area contributed by atoms with Crippen molar-refractivity contribution < 1.29 is 32.7 Å². The molecule has 0 bridgehead atoms. The molecule has 1 heterocycles. The van der Waals surface area contributed by atoms with Crippen molar-refractivity contribution in [3.05, 3.63) is 101 Å². The summed E-state index contributed by atoms with van der Waals surface area (Å²) in [5.41, 5.74) is 4.11. The lowest BCUT2D eigenvalue weighted by molar-refractivity contribution is -0.137. The Morgan fingerprint density at radius 1 is 0.946 bits per heavy atom. The Labute approximate surface area is 210 Å². The Kier molecular flexibility index (Phi) is 7.49. The van der Waals surface area contributed by atoms with E-state index in [-0.39, 0.29) is 12.1 Å². The molecule has 1 aromatic heterocycles. The number of carbonyl (C=O) groups is 2. The molecular weight excluding hydrogens is 487 g/mol. The van der Waals surface area contributed by atoms with Crippen LogP contribution in [-0.4, -0.2) is 35.2 Å². The molecule has 0 fully saturated rings. The molecule has 3 aromatic carbocycles. The Morgan fingerprint density at radius 3 is 2.22 bits per heavy atom. The predicted octanol–water partition coefficient (Wildman–Crippen LogP) is 4.81. The average Bonchev–Trinajstić information content (AvgIpc) is 3.24. The Balaban J connectivity index is 1.49. The number of carbonyl (C=O) groups excluding carboxylic acids is 2. The van der Waals surface area contributed by atoms with Gasteiger partial charge in [-0.1, -0.05) is 12.1 Å². The van der Waals surface area contributed by atoms with Gasteiger partial charge in [-0.2, -0.15) is 13.2 Å². The number of ether oxygens (including phenoxy) is 1. The summed E-state index contributed by atoms with van der Waals surface area (Å²) in [5, 5.41) is 12.5. The number of hydroxylamine groups is 1. The van der Waals surface area contributed by atoms with Crippen LogP contribution in [0.25, 0.3) is 10.9 Å². The molecule has 192 valence electrons. The second kappa shape index (κ2) is 10.8. The van der Waals surface area contributed by atoms with Crippen molar-refractivity contribution in [1.29, 1.82) is 0 Å². The zero-order chi connectivity index (χ0) is 26.6. The molecule has 0 radical (unpaired) electrons. The summed E-state index contributed by atoms with van der Waals surface area (Å²) in [6.45, 7) is 0.795. The van der Waals surface area contributed by atoms with Crippen molar-refractivity contribution in [3.8, 4) is 5.75 Å². The molecule has 7 nitrogen and oxygen atoms in total. The molecule has 10 heteroatoms. The summed E-state index contributed by atoms with van der Waals surface area (Å²) in [6.07, 6.45) is -2.00. The summed E-state index contributed by atoms with van der Waals surface area (Å²) in [4.78, 5) is 24.0. The number of alkyl halides is 3. The number of methoxy groups -OCH3 is 1. The highest BCUT2D eigenvalue weighted by molar-refractivity contribution is 5.94. The minimum atomic E-state index is -4.46. The van der Waals surface area contributed by atoms with Gasteiger partial charge in [-0.3, -0.25) is 14.8 Å². The van der Waals surface area contributed by atoms with Gasteiger partial charge >= 0.3 is 6.18 Å². The second-order valence-electron chi connectivity index (χ2n) is 8.38. The van der Waals surface area contributed by atoms with Crippen molar-refractivity contribution in [2.24, 2.45) is 0 Å². The zero-order valence-corrected chi connectivity index (χ0v) is 19.8. The number of hydrogen-bond donors (Lipinski definition) is 3. The predicted molar refractivity (Wildman–Crippen MR) is 131 cm³/mol. The van der Waals surface area contributed by atoms with E-state index in [9.17, 15) is 22.8 Å². The van der Waals surface area contributed by atoms with Gasteiger partial charge < -0.3 is 14.6 Å². The Bertz CT molecular complexity index is 1410. The van der Waals surface area contributed by atoms with Crippen LogP contribution in [0.2, 0.25) is 0 Å². The maximum atomic E-state index is 12.8. The first-order valence-electron chi connectivity index (χ1n) is 11.3. The van der Waals surface area contributed by atoms with Crippen molar-refractivity contribution in [2.45, 2.75) is 19.1 Å². The van der Waals surface area contributed by atoms with E-state index in [1.54, 1.807) is 36.9 Å². The highest BCUT2D eigenvalue weighted by atomic mass is 19.4. The summed E-state index contributed by atoms with van der Waals surface area (Å²) < 4.78 is 45.7.